The highest BCUT2D eigenvalue weighted by Crippen LogP contribution is 2.10. The van der Waals surface area contributed by atoms with E-state index in [0.29, 0.717) is 5.82 Å². The maximum Gasteiger partial charge on any atom is 0.305 e. The van der Waals surface area contributed by atoms with Crippen molar-refractivity contribution in [1.29, 1.82) is 0 Å². The molecule has 0 amide bonds. The molecule has 2 aromatic rings. The maximum absolute atomic E-state index is 10.7. The Morgan fingerprint density at radius 3 is 3.12 bits per heavy atom. The number of rotatable bonds is 5. The summed E-state index contributed by atoms with van der Waals surface area (Å²) in [6.45, 7) is 1.94. The molecule has 0 aliphatic carbocycles. The van der Waals surface area contributed by atoms with Crippen LogP contribution in [0.15, 0.2) is 24.5 Å². The van der Waals surface area contributed by atoms with Crippen molar-refractivity contribution in [3.05, 3.63) is 24.5 Å². The predicted octanol–water partition coefficient (Wildman–Crippen LogP) is 1.39. The Labute approximate surface area is 98.3 Å². The fourth-order valence-electron chi connectivity index (χ4n) is 1.61. The normalized spacial score (nSPS) is 12.5. The van der Waals surface area contributed by atoms with E-state index in [2.05, 4.69) is 15.4 Å². The molecule has 0 aromatic carbocycles. The van der Waals surface area contributed by atoms with Gasteiger partial charge in [-0.2, -0.15) is 5.10 Å². The second-order valence-electron chi connectivity index (χ2n) is 3.79. The van der Waals surface area contributed by atoms with E-state index in [-0.39, 0.29) is 12.5 Å². The number of carbonyl (C=O) groups is 1. The van der Waals surface area contributed by atoms with Gasteiger partial charge in [-0.25, -0.2) is 9.50 Å². The molecule has 6 heteroatoms. The minimum atomic E-state index is -0.810. The SMILES string of the molecule is CCC(CC(=O)O)Nc1ccn2nccc2n1. The molecule has 0 aliphatic rings. The lowest BCUT2D eigenvalue weighted by molar-refractivity contribution is -0.137. The number of aliphatic carboxylic acids is 1. The van der Waals surface area contributed by atoms with Gasteiger partial charge in [-0.05, 0) is 12.5 Å². The van der Waals surface area contributed by atoms with Gasteiger partial charge in [0.05, 0.1) is 12.6 Å². The third kappa shape index (κ3) is 2.72. The Bertz CT molecular complexity index is 523. The van der Waals surface area contributed by atoms with Crippen LogP contribution in [0, 0.1) is 0 Å². The van der Waals surface area contributed by atoms with Crippen molar-refractivity contribution in [2.45, 2.75) is 25.8 Å². The van der Waals surface area contributed by atoms with E-state index < -0.39 is 5.97 Å². The molecule has 0 spiro atoms. The smallest absolute Gasteiger partial charge is 0.305 e. The van der Waals surface area contributed by atoms with Crippen molar-refractivity contribution in [3.63, 3.8) is 0 Å². The molecule has 2 aromatic heterocycles. The first-order valence-corrected chi connectivity index (χ1v) is 5.47. The van der Waals surface area contributed by atoms with Crippen molar-refractivity contribution in [1.82, 2.24) is 14.6 Å². The quantitative estimate of drug-likeness (QED) is 0.817. The molecule has 6 nitrogen and oxygen atoms in total. The molecule has 0 aliphatic heterocycles. The maximum atomic E-state index is 10.7. The van der Waals surface area contributed by atoms with Crippen LogP contribution in [0.5, 0.6) is 0 Å². The van der Waals surface area contributed by atoms with Gasteiger partial charge in [0.25, 0.3) is 0 Å². The van der Waals surface area contributed by atoms with Crippen molar-refractivity contribution in [3.8, 4) is 0 Å². The lowest BCUT2D eigenvalue weighted by Crippen LogP contribution is -2.22. The molecule has 2 heterocycles. The molecule has 1 unspecified atom stereocenters. The van der Waals surface area contributed by atoms with Crippen LogP contribution in [0.25, 0.3) is 5.65 Å². The number of carboxylic acid groups (broad SMARTS) is 1. The summed E-state index contributed by atoms with van der Waals surface area (Å²) in [5.74, 6) is -0.138. The number of fused-ring (bicyclic) bond motifs is 1. The van der Waals surface area contributed by atoms with Gasteiger partial charge in [-0.3, -0.25) is 4.79 Å². The number of nitrogens with zero attached hydrogens (tertiary/aromatic N) is 3. The summed E-state index contributed by atoms with van der Waals surface area (Å²) in [5.41, 5.74) is 0.736. The van der Waals surface area contributed by atoms with Gasteiger partial charge in [-0.1, -0.05) is 6.92 Å². The minimum absolute atomic E-state index is 0.0859. The van der Waals surface area contributed by atoms with Crippen LogP contribution in [0.1, 0.15) is 19.8 Å². The molecule has 2 N–H and O–H groups in total. The van der Waals surface area contributed by atoms with Crippen LogP contribution in [0.4, 0.5) is 5.82 Å². The zero-order valence-electron chi connectivity index (χ0n) is 9.50. The van der Waals surface area contributed by atoms with Gasteiger partial charge in [0, 0.05) is 18.3 Å². The number of hydrogen-bond acceptors (Lipinski definition) is 4. The molecule has 90 valence electrons. The zero-order chi connectivity index (χ0) is 12.3. The Morgan fingerprint density at radius 1 is 1.59 bits per heavy atom. The number of anilines is 1. The predicted molar refractivity (Wildman–Crippen MR) is 62.9 cm³/mol. The first kappa shape index (κ1) is 11.4. The average Bonchev–Trinajstić information content (AvgIpc) is 2.74. The van der Waals surface area contributed by atoms with Gasteiger partial charge in [0.1, 0.15) is 5.82 Å². The minimum Gasteiger partial charge on any atom is -0.481 e. The molecule has 0 saturated carbocycles. The van der Waals surface area contributed by atoms with Gasteiger partial charge >= 0.3 is 5.97 Å². The first-order valence-electron chi connectivity index (χ1n) is 5.47. The van der Waals surface area contributed by atoms with Crippen LogP contribution < -0.4 is 5.32 Å². The molecular weight excluding hydrogens is 220 g/mol. The summed E-state index contributed by atoms with van der Waals surface area (Å²) in [7, 11) is 0. The van der Waals surface area contributed by atoms with E-state index in [9.17, 15) is 4.79 Å². The van der Waals surface area contributed by atoms with E-state index in [1.54, 1.807) is 29.0 Å². The summed E-state index contributed by atoms with van der Waals surface area (Å²) >= 11 is 0. The third-order valence-corrected chi connectivity index (χ3v) is 2.52. The number of carboxylic acids is 1. The van der Waals surface area contributed by atoms with E-state index in [1.165, 1.54) is 0 Å². The zero-order valence-corrected chi connectivity index (χ0v) is 9.50. The largest absolute Gasteiger partial charge is 0.481 e. The van der Waals surface area contributed by atoms with Crippen LogP contribution in [0.2, 0.25) is 0 Å². The molecular formula is C11H14N4O2. The Hall–Kier alpha value is -2.11. The lowest BCUT2D eigenvalue weighted by atomic mass is 10.1. The molecule has 17 heavy (non-hydrogen) atoms. The molecule has 0 radical (unpaired) electrons. The number of aromatic nitrogens is 3. The third-order valence-electron chi connectivity index (χ3n) is 2.52. The van der Waals surface area contributed by atoms with Gasteiger partial charge < -0.3 is 10.4 Å². The van der Waals surface area contributed by atoms with Gasteiger partial charge in [0.15, 0.2) is 5.65 Å². The van der Waals surface area contributed by atoms with Gasteiger partial charge in [0.2, 0.25) is 0 Å². The van der Waals surface area contributed by atoms with E-state index in [1.807, 2.05) is 6.92 Å². The average molecular weight is 234 g/mol. The summed E-state index contributed by atoms with van der Waals surface area (Å²) in [5, 5.41) is 15.9. The summed E-state index contributed by atoms with van der Waals surface area (Å²) < 4.78 is 1.66. The highest BCUT2D eigenvalue weighted by molar-refractivity contribution is 5.68. The monoisotopic (exact) mass is 234 g/mol. The Morgan fingerprint density at radius 2 is 2.41 bits per heavy atom. The highest BCUT2D eigenvalue weighted by Gasteiger charge is 2.11. The molecule has 1 atom stereocenters. The lowest BCUT2D eigenvalue weighted by Gasteiger charge is -2.15. The highest BCUT2D eigenvalue weighted by atomic mass is 16.4. The molecule has 0 saturated heterocycles. The van der Waals surface area contributed by atoms with Crippen LogP contribution in [-0.4, -0.2) is 31.7 Å². The van der Waals surface area contributed by atoms with Crippen molar-refractivity contribution in [2.75, 3.05) is 5.32 Å². The van der Waals surface area contributed by atoms with Crippen molar-refractivity contribution in [2.24, 2.45) is 0 Å². The van der Waals surface area contributed by atoms with E-state index in [0.717, 1.165) is 12.1 Å². The van der Waals surface area contributed by atoms with E-state index in [4.69, 9.17) is 5.11 Å². The fourth-order valence-corrected chi connectivity index (χ4v) is 1.61. The second kappa shape index (κ2) is 4.82. The van der Waals surface area contributed by atoms with Crippen LogP contribution in [0.3, 0.4) is 0 Å². The number of nitrogens with one attached hydrogen (secondary N) is 1. The Balaban J connectivity index is 2.13. The van der Waals surface area contributed by atoms with Crippen LogP contribution >= 0.6 is 0 Å². The summed E-state index contributed by atoms with van der Waals surface area (Å²) in [6, 6.07) is 3.47. The van der Waals surface area contributed by atoms with Crippen molar-refractivity contribution < 1.29 is 9.90 Å². The molecule has 2 rings (SSSR count). The Kier molecular flexibility index (Phi) is 3.22. The first-order chi connectivity index (χ1) is 8.19. The summed E-state index contributed by atoms with van der Waals surface area (Å²) in [6.07, 6.45) is 4.28. The van der Waals surface area contributed by atoms with Crippen LogP contribution in [-0.2, 0) is 4.79 Å². The van der Waals surface area contributed by atoms with E-state index >= 15 is 0 Å². The standard InChI is InChI=1S/C11H14N4O2/c1-2-8(7-11(16)17)13-9-4-6-15-10(14-9)3-5-12-15/h3-6,8H,2,7H2,1H3,(H,13,14)(H,16,17). The molecule has 0 fully saturated rings. The topological polar surface area (TPSA) is 79.5 Å². The number of hydrogen-bond donors (Lipinski definition) is 2. The van der Waals surface area contributed by atoms with Gasteiger partial charge in [-0.15, -0.1) is 0 Å². The second-order valence-corrected chi connectivity index (χ2v) is 3.79. The fraction of sp³-hybridized carbons (Fsp3) is 0.364. The van der Waals surface area contributed by atoms with Crippen molar-refractivity contribution >= 4 is 17.4 Å². The molecule has 0 bridgehead atoms. The summed E-state index contributed by atoms with van der Waals surface area (Å²) in [4.78, 5) is 15.0.